The first-order valence-corrected chi connectivity index (χ1v) is 7.31. The highest BCUT2D eigenvalue weighted by Gasteiger charge is 2.43. The lowest BCUT2D eigenvalue weighted by atomic mass is 9.76. The Morgan fingerprint density at radius 1 is 1.50 bits per heavy atom. The SMILES string of the molecule is Cc1nsc(NC(=O)NC2(C(=O)O)CCCC(C)C2)n1. The molecule has 2 atom stereocenters. The van der Waals surface area contributed by atoms with Gasteiger partial charge in [0.1, 0.15) is 11.4 Å². The fraction of sp³-hybridized carbons (Fsp3) is 0.667. The second-order valence-corrected chi connectivity index (χ2v) is 6.07. The van der Waals surface area contributed by atoms with E-state index in [0.717, 1.165) is 24.4 Å². The molecule has 110 valence electrons. The molecule has 20 heavy (non-hydrogen) atoms. The number of nitrogens with zero attached hydrogens (tertiary/aromatic N) is 2. The van der Waals surface area contributed by atoms with E-state index in [1.807, 2.05) is 6.92 Å². The van der Waals surface area contributed by atoms with Gasteiger partial charge in [0.05, 0.1) is 0 Å². The molecule has 0 saturated heterocycles. The van der Waals surface area contributed by atoms with Gasteiger partial charge in [-0.3, -0.25) is 5.32 Å². The standard InChI is InChI=1S/C12H18N4O3S/c1-7-4-3-5-12(6-7,9(17)18)15-10(19)14-11-13-8(2)16-20-11/h7H,3-6H2,1-2H3,(H,17,18)(H2,13,14,15,16,19). The van der Waals surface area contributed by atoms with Crippen LogP contribution in [-0.4, -0.2) is 32.0 Å². The van der Waals surface area contributed by atoms with Crippen LogP contribution in [0.25, 0.3) is 0 Å². The minimum Gasteiger partial charge on any atom is -0.480 e. The Labute approximate surface area is 121 Å². The molecule has 0 radical (unpaired) electrons. The summed E-state index contributed by atoms with van der Waals surface area (Å²) < 4.78 is 3.95. The van der Waals surface area contributed by atoms with Crippen molar-refractivity contribution in [2.75, 3.05) is 5.32 Å². The van der Waals surface area contributed by atoms with Crippen LogP contribution in [-0.2, 0) is 4.79 Å². The lowest BCUT2D eigenvalue weighted by Crippen LogP contribution is -2.57. The molecule has 1 aromatic heterocycles. The molecule has 0 aliphatic heterocycles. The van der Waals surface area contributed by atoms with Crippen LogP contribution in [0.3, 0.4) is 0 Å². The highest BCUT2D eigenvalue weighted by Crippen LogP contribution is 2.32. The summed E-state index contributed by atoms with van der Waals surface area (Å²) in [4.78, 5) is 27.5. The third-order valence-corrected chi connectivity index (χ3v) is 4.23. The zero-order chi connectivity index (χ0) is 14.8. The maximum absolute atomic E-state index is 12.0. The van der Waals surface area contributed by atoms with Crippen LogP contribution >= 0.6 is 11.5 Å². The predicted octanol–water partition coefficient (Wildman–Crippen LogP) is 2.00. The van der Waals surface area contributed by atoms with Crippen molar-refractivity contribution >= 4 is 28.7 Å². The van der Waals surface area contributed by atoms with Crippen LogP contribution < -0.4 is 10.6 Å². The third-order valence-electron chi connectivity index (χ3n) is 3.51. The summed E-state index contributed by atoms with van der Waals surface area (Å²) >= 11 is 1.07. The topological polar surface area (TPSA) is 104 Å². The van der Waals surface area contributed by atoms with Crippen LogP contribution in [0.1, 0.15) is 38.4 Å². The number of hydrogen-bond acceptors (Lipinski definition) is 5. The van der Waals surface area contributed by atoms with Crippen molar-refractivity contribution in [1.29, 1.82) is 0 Å². The number of aryl methyl sites for hydroxylation is 1. The number of nitrogens with one attached hydrogen (secondary N) is 2. The molecule has 0 spiro atoms. The maximum atomic E-state index is 12.0. The Morgan fingerprint density at radius 3 is 2.80 bits per heavy atom. The maximum Gasteiger partial charge on any atom is 0.329 e. The number of anilines is 1. The molecule has 1 aromatic rings. The van der Waals surface area contributed by atoms with E-state index in [4.69, 9.17) is 0 Å². The quantitative estimate of drug-likeness (QED) is 0.791. The number of urea groups is 1. The minimum atomic E-state index is -1.18. The Bertz CT molecular complexity index is 519. The van der Waals surface area contributed by atoms with Gasteiger partial charge in [-0.2, -0.15) is 4.37 Å². The molecule has 1 aliphatic carbocycles. The first kappa shape index (κ1) is 14.7. The zero-order valence-electron chi connectivity index (χ0n) is 11.5. The average molecular weight is 298 g/mol. The molecule has 2 amide bonds. The number of hydrogen-bond donors (Lipinski definition) is 3. The highest BCUT2D eigenvalue weighted by atomic mass is 32.1. The number of carbonyl (C=O) groups is 2. The van der Waals surface area contributed by atoms with Crippen LogP contribution in [0.5, 0.6) is 0 Å². The zero-order valence-corrected chi connectivity index (χ0v) is 12.3. The Balaban J connectivity index is 2.04. The minimum absolute atomic E-state index is 0.281. The molecule has 1 aliphatic rings. The van der Waals surface area contributed by atoms with Gasteiger partial charge in [-0.15, -0.1) is 0 Å². The van der Waals surface area contributed by atoms with Crippen LogP contribution in [0.15, 0.2) is 0 Å². The first-order chi connectivity index (χ1) is 9.41. The lowest BCUT2D eigenvalue weighted by Gasteiger charge is -2.36. The van der Waals surface area contributed by atoms with E-state index in [0.29, 0.717) is 23.8 Å². The van der Waals surface area contributed by atoms with E-state index in [1.165, 1.54) is 0 Å². The van der Waals surface area contributed by atoms with E-state index in [1.54, 1.807) is 6.92 Å². The molecule has 1 saturated carbocycles. The highest BCUT2D eigenvalue weighted by molar-refractivity contribution is 7.09. The molecule has 0 aromatic carbocycles. The summed E-state index contributed by atoms with van der Waals surface area (Å²) in [6.07, 6.45) is 2.69. The van der Waals surface area contributed by atoms with Gasteiger partial charge in [-0.25, -0.2) is 14.6 Å². The van der Waals surface area contributed by atoms with E-state index in [2.05, 4.69) is 20.0 Å². The predicted molar refractivity (Wildman–Crippen MR) is 74.8 cm³/mol. The third kappa shape index (κ3) is 3.24. The van der Waals surface area contributed by atoms with Crippen LogP contribution in [0, 0.1) is 12.8 Å². The molecule has 2 unspecified atom stereocenters. The van der Waals surface area contributed by atoms with Gasteiger partial charge in [-0.1, -0.05) is 19.8 Å². The largest absolute Gasteiger partial charge is 0.480 e. The van der Waals surface area contributed by atoms with Gasteiger partial charge in [-0.05, 0) is 25.7 Å². The monoisotopic (exact) mass is 298 g/mol. The molecular weight excluding hydrogens is 280 g/mol. The van der Waals surface area contributed by atoms with Crippen molar-refractivity contribution in [3.63, 3.8) is 0 Å². The number of carboxylic acids is 1. The lowest BCUT2D eigenvalue weighted by molar-refractivity contribution is -0.146. The van der Waals surface area contributed by atoms with Crippen LogP contribution in [0.4, 0.5) is 9.93 Å². The van der Waals surface area contributed by atoms with E-state index < -0.39 is 17.5 Å². The summed E-state index contributed by atoms with van der Waals surface area (Å²) in [5.74, 6) is -0.124. The van der Waals surface area contributed by atoms with Gasteiger partial charge < -0.3 is 10.4 Å². The molecule has 0 bridgehead atoms. The molecule has 2 rings (SSSR count). The van der Waals surface area contributed by atoms with Crippen molar-refractivity contribution in [1.82, 2.24) is 14.7 Å². The van der Waals surface area contributed by atoms with E-state index >= 15 is 0 Å². The number of aliphatic carboxylic acids is 1. The second kappa shape index (κ2) is 5.74. The molecule has 1 fully saturated rings. The number of rotatable bonds is 3. The number of carbonyl (C=O) groups excluding carboxylic acids is 1. The fourth-order valence-corrected chi connectivity index (χ4v) is 3.18. The van der Waals surface area contributed by atoms with Gasteiger partial charge in [0.15, 0.2) is 0 Å². The van der Waals surface area contributed by atoms with Gasteiger partial charge in [0, 0.05) is 11.5 Å². The van der Waals surface area contributed by atoms with Crippen molar-refractivity contribution in [3.05, 3.63) is 5.82 Å². The molecule has 3 N–H and O–H groups in total. The number of aromatic nitrogens is 2. The Morgan fingerprint density at radius 2 is 2.25 bits per heavy atom. The summed E-state index contributed by atoms with van der Waals surface area (Å²) in [6, 6.07) is -0.544. The van der Waals surface area contributed by atoms with Crippen molar-refractivity contribution in [3.8, 4) is 0 Å². The Hall–Kier alpha value is -1.70. The number of carboxylic acid groups (broad SMARTS) is 1. The van der Waals surface area contributed by atoms with Gasteiger partial charge in [0.25, 0.3) is 0 Å². The Kier molecular flexibility index (Phi) is 4.22. The fourth-order valence-electron chi connectivity index (χ4n) is 2.61. The molecule has 1 heterocycles. The van der Waals surface area contributed by atoms with Crippen LogP contribution in [0.2, 0.25) is 0 Å². The molecule has 7 nitrogen and oxygen atoms in total. The summed E-state index contributed by atoms with van der Waals surface area (Å²) in [7, 11) is 0. The van der Waals surface area contributed by atoms with Crippen molar-refractivity contribution < 1.29 is 14.7 Å². The van der Waals surface area contributed by atoms with Gasteiger partial charge >= 0.3 is 12.0 Å². The number of amides is 2. The first-order valence-electron chi connectivity index (χ1n) is 6.54. The van der Waals surface area contributed by atoms with Crippen molar-refractivity contribution in [2.24, 2.45) is 5.92 Å². The smallest absolute Gasteiger partial charge is 0.329 e. The summed E-state index contributed by atoms with van der Waals surface area (Å²) in [5, 5.41) is 15.0. The van der Waals surface area contributed by atoms with E-state index in [-0.39, 0.29) is 5.92 Å². The van der Waals surface area contributed by atoms with Gasteiger partial charge in [0.2, 0.25) is 5.13 Å². The van der Waals surface area contributed by atoms with E-state index in [9.17, 15) is 14.7 Å². The molecule has 8 heteroatoms. The normalized spacial score (nSPS) is 26.0. The average Bonchev–Trinajstić information content (AvgIpc) is 2.74. The van der Waals surface area contributed by atoms with Crippen molar-refractivity contribution in [2.45, 2.75) is 45.1 Å². The molecular formula is C12H18N4O3S. The summed E-state index contributed by atoms with van der Waals surface area (Å²) in [6.45, 7) is 3.73. The second-order valence-electron chi connectivity index (χ2n) is 5.31. The summed E-state index contributed by atoms with van der Waals surface area (Å²) in [5.41, 5.74) is -1.18.